The van der Waals surface area contributed by atoms with Crippen LogP contribution in [-0.4, -0.2) is 15.0 Å². The summed E-state index contributed by atoms with van der Waals surface area (Å²) in [7, 11) is 0. The molecule has 0 bridgehead atoms. The van der Waals surface area contributed by atoms with E-state index in [2.05, 4.69) is 103 Å². The molecule has 0 aliphatic carbocycles. The average molecular weight is 562 g/mol. The molecule has 0 N–H and O–H groups in total. The lowest BCUT2D eigenvalue weighted by Gasteiger charge is -2.12. The summed E-state index contributed by atoms with van der Waals surface area (Å²) in [4.78, 5) is 14.8. The third-order valence-corrected chi connectivity index (χ3v) is 8.10. The Labute approximate surface area is 256 Å². The average Bonchev–Trinajstić information content (AvgIpc) is 3.11. The van der Waals surface area contributed by atoms with E-state index >= 15 is 0 Å². The third kappa shape index (κ3) is 4.91. The lowest BCUT2D eigenvalue weighted by atomic mass is 9.93. The molecule has 0 saturated carbocycles. The molecule has 206 valence electrons. The highest BCUT2D eigenvalue weighted by Crippen LogP contribution is 2.35. The van der Waals surface area contributed by atoms with E-state index in [0.717, 1.165) is 22.1 Å². The highest BCUT2D eigenvalue weighted by atomic mass is 15.0. The van der Waals surface area contributed by atoms with Crippen LogP contribution in [0.5, 0.6) is 0 Å². The summed E-state index contributed by atoms with van der Waals surface area (Å²) < 4.78 is 0. The summed E-state index contributed by atoms with van der Waals surface area (Å²) in [6, 6.07) is 57.1. The van der Waals surface area contributed by atoms with Gasteiger partial charge < -0.3 is 0 Å². The van der Waals surface area contributed by atoms with Gasteiger partial charge in [-0.2, -0.15) is 0 Å². The Bertz CT molecular complexity index is 2220. The Balaban J connectivity index is 1.26. The van der Waals surface area contributed by atoms with Crippen molar-refractivity contribution in [3.05, 3.63) is 164 Å². The van der Waals surface area contributed by atoms with Crippen LogP contribution in [-0.2, 0) is 0 Å². The molecule has 0 aliphatic rings. The first kappa shape index (κ1) is 25.8. The SMILES string of the molecule is c1ccc(-c2nc(-c3ccccc3)nc(-c3ccc4cccc(-c5cccc(-c6ccc7ccccc7c6)c5)c4c3)n2)cc1. The standard InChI is InChI=1S/C41H27N3/c1-3-12-30(13-4-1)39-42-40(31-14-5-2-6-15-31)44-41(43-39)36-24-22-29-17-10-20-37(38(29)27-36)35-19-9-18-33(26-35)34-23-21-28-11-7-8-16-32(28)25-34/h1-27H. The fraction of sp³-hybridized carbons (Fsp3) is 0. The van der Waals surface area contributed by atoms with Crippen molar-refractivity contribution in [2.75, 3.05) is 0 Å². The van der Waals surface area contributed by atoms with Gasteiger partial charge >= 0.3 is 0 Å². The Kier molecular flexibility index (Phi) is 6.47. The first-order valence-electron chi connectivity index (χ1n) is 14.8. The molecule has 0 amide bonds. The molecule has 1 heterocycles. The third-order valence-electron chi connectivity index (χ3n) is 8.10. The summed E-state index contributed by atoms with van der Waals surface area (Å²) in [5.74, 6) is 1.97. The van der Waals surface area contributed by atoms with Crippen molar-refractivity contribution in [1.29, 1.82) is 0 Å². The molecular formula is C41H27N3. The minimum atomic E-state index is 0.652. The highest BCUT2D eigenvalue weighted by Gasteiger charge is 2.14. The maximum Gasteiger partial charge on any atom is 0.164 e. The summed E-state index contributed by atoms with van der Waals surface area (Å²) in [6.45, 7) is 0. The molecule has 1 aromatic heterocycles. The molecule has 0 fully saturated rings. The second kappa shape index (κ2) is 11.0. The fourth-order valence-electron chi connectivity index (χ4n) is 5.84. The normalized spacial score (nSPS) is 11.2. The van der Waals surface area contributed by atoms with Gasteiger partial charge in [0.25, 0.3) is 0 Å². The molecule has 3 heteroatoms. The van der Waals surface area contributed by atoms with Crippen molar-refractivity contribution in [2.24, 2.45) is 0 Å². The zero-order valence-corrected chi connectivity index (χ0v) is 23.9. The van der Waals surface area contributed by atoms with Crippen LogP contribution in [0.1, 0.15) is 0 Å². The zero-order chi connectivity index (χ0) is 29.3. The summed E-state index contributed by atoms with van der Waals surface area (Å²) in [5, 5.41) is 4.82. The van der Waals surface area contributed by atoms with Gasteiger partial charge in [0.05, 0.1) is 0 Å². The Morgan fingerprint density at radius 1 is 0.273 bits per heavy atom. The van der Waals surface area contributed by atoms with Gasteiger partial charge in [0, 0.05) is 16.7 Å². The number of hydrogen-bond donors (Lipinski definition) is 0. The predicted octanol–water partition coefficient (Wildman–Crippen LogP) is 10.5. The smallest absolute Gasteiger partial charge is 0.164 e. The predicted molar refractivity (Wildman–Crippen MR) is 182 cm³/mol. The van der Waals surface area contributed by atoms with Gasteiger partial charge in [-0.3, -0.25) is 0 Å². The Morgan fingerprint density at radius 2 is 0.773 bits per heavy atom. The lowest BCUT2D eigenvalue weighted by molar-refractivity contribution is 1.07. The number of nitrogens with zero attached hydrogens (tertiary/aromatic N) is 3. The molecule has 8 aromatic rings. The van der Waals surface area contributed by atoms with Gasteiger partial charge in [0.1, 0.15) is 0 Å². The first-order valence-corrected chi connectivity index (χ1v) is 14.8. The van der Waals surface area contributed by atoms with Gasteiger partial charge in [0.15, 0.2) is 17.5 Å². The molecule has 0 spiro atoms. The maximum atomic E-state index is 4.97. The van der Waals surface area contributed by atoms with Gasteiger partial charge in [-0.05, 0) is 62.0 Å². The van der Waals surface area contributed by atoms with Crippen molar-refractivity contribution in [2.45, 2.75) is 0 Å². The molecular weight excluding hydrogens is 534 g/mol. The minimum absolute atomic E-state index is 0.652. The highest BCUT2D eigenvalue weighted by molar-refractivity contribution is 5.99. The second-order valence-corrected chi connectivity index (χ2v) is 10.9. The van der Waals surface area contributed by atoms with Gasteiger partial charge in [-0.1, -0.05) is 146 Å². The van der Waals surface area contributed by atoms with Crippen LogP contribution in [0.4, 0.5) is 0 Å². The van der Waals surface area contributed by atoms with E-state index in [1.54, 1.807) is 0 Å². The van der Waals surface area contributed by atoms with Crippen molar-refractivity contribution in [1.82, 2.24) is 15.0 Å². The largest absolute Gasteiger partial charge is 0.208 e. The van der Waals surface area contributed by atoms with E-state index < -0.39 is 0 Å². The van der Waals surface area contributed by atoms with Crippen LogP contribution in [0.2, 0.25) is 0 Å². The van der Waals surface area contributed by atoms with Crippen LogP contribution in [0.25, 0.3) is 78.0 Å². The quantitative estimate of drug-likeness (QED) is 0.210. The summed E-state index contributed by atoms with van der Waals surface area (Å²) in [5.41, 5.74) is 7.61. The molecule has 0 saturated heterocycles. The second-order valence-electron chi connectivity index (χ2n) is 10.9. The van der Waals surface area contributed by atoms with Gasteiger partial charge in [0.2, 0.25) is 0 Å². The van der Waals surface area contributed by atoms with Crippen LogP contribution >= 0.6 is 0 Å². The first-order chi connectivity index (χ1) is 21.8. The van der Waals surface area contributed by atoms with Crippen molar-refractivity contribution in [3.8, 4) is 56.4 Å². The molecule has 0 atom stereocenters. The van der Waals surface area contributed by atoms with Crippen LogP contribution in [0, 0.1) is 0 Å². The molecule has 0 unspecified atom stereocenters. The van der Waals surface area contributed by atoms with E-state index in [1.165, 1.54) is 38.4 Å². The zero-order valence-electron chi connectivity index (χ0n) is 23.9. The number of hydrogen-bond acceptors (Lipinski definition) is 3. The number of rotatable bonds is 5. The summed E-state index contributed by atoms with van der Waals surface area (Å²) >= 11 is 0. The monoisotopic (exact) mass is 561 g/mol. The molecule has 3 nitrogen and oxygen atoms in total. The summed E-state index contributed by atoms with van der Waals surface area (Å²) in [6.07, 6.45) is 0. The van der Waals surface area contributed by atoms with Crippen LogP contribution in [0.15, 0.2) is 164 Å². The van der Waals surface area contributed by atoms with Crippen LogP contribution < -0.4 is 0 Å². The lowest BCUT2D eigenvalue weighted by Crippen LogP contribution is -2.00. The van der Waals surface area contributed by atoms with Gasteiger partial charge in [-0.25, -0.2) is 15.0 Å². The van der Waals surface area contributed by atoms with Gasteiger partial charge in [-0.15, -0.1) is 0 Å². The van der Waals surface area contributed by atoms with E-state index in [9.17, 15) is 0 Å². The fourth-order valence-corrected chi connectivity index (χ4v) is 5.84. The Hall–Kier alpha value is -5.93. The van der Waals surface area contributed by atoms with E-state index in [1.807, 2.05) is 60.7 Å². The van der Waals surface area contributed by atoms with E-state index in [-0.39, 0.29) is 0 Å². The topological polar surface area (TPSA) is 38.7 Å². The number of aromatic nitrogens is 3. The van der Waals surface area contributed by atoms with E-state index in [0.29, 0.717) is 17.5 Å². The maximum absolute atomic E-state index is 4.97. The van der Waals surface area contributed by atoms with Crippen molar-refractivity contribution in [3.63, 3.8) is 0 Å². The molecule has 0 radical (unpaired) electrons. The molecule has 0 aliphatic heterocycles. The number of benzene rings is 7. The van der Waals surface area contributed by atoms with Crippen molar-refractivity contribution >= 4 is 21.5 Å². The van der Waals surface area contributed by atoms with Crippen molar-refractivity contribution < 1.29 is 0 Å². The number of fused-ring (bicyclic) bond motifs is 2. The van der Waals surface area contributed by atoms with E-state index in [4.69, 9.17) is 15.0 Å². The molecule has 44 heavy (non-hydrogen) atoms. The van der Waals surface area contributed by atoms with Crippen LogP contribution in [0.3, 0.4) is 0 Å². The molecule has 8 rings (SSSR count). The molecule has 7 aromatic carbocycles. The Morgan fingerprint density at radius 3 is 1.50 bits per heavy atom. The minimum Gasteiger partial charge on any atom is -0.208 e.